The maximum Gasteiger partial charge on any atom is 0.275 e. The van der Waals surface area contributed by atoms with Crippen molar-refractivity contribution in [3.05, 3.63) is 12.0 Å². The lowest BCUT2D eigenvalue weighted by Crippen LogP contribution is -2.15. The standard InChI is InChI=1S/C7H10N6O2S2/c1-4-5(16-6(8)11-4)17(14,15)12-7-9-3-10-13(7)2/h3H,1-2H3,(H2,8,11)(H,9,10,12). The number of anilines is 2. The monoisotopic (exact) mass is 274 g/mol. The normalized spacial score (nSPS) is 11.6. The molecule has 0 aliphatic heterocycles. The highest BCUT2D eigenvalue weighted by Crippen LogP contribution is 2.26. The first-order valence-electron chi connectivity index (χ1n) is 4.50. The van der Waals surface area contributed by atoms with E-state index in [9.17, 15) is 8.42 Å². The molecule has 2 aromatic rings. The number of nitrogens with one attached hydrogen (secondary N) is 1. The highest BCUT2D eigenvalue weighted by Gasteiger charge is 2.22. The van der Waals surface area contributed by atoms with E-state index >= 15 is 0 Å². The second-order valence-corrected chi connectivity index (χ2v) is 6.15. The third-order valence-corrected chi connectivity index (χ3v) is 4.88. The molecule has 8 nitrogen and oxygen atoms in total. The molecular formula is C7H10N6O2S2. The minimum Gasteiger partial charge on any atom is -0.375 e. The highest BCUT2D eigenvalue weighted by atomic mass is 32.2. The van der Waals surface area contributed by atoms with Crippen LogP contribution in [0.4, 0.5) is 11.1 Å². The van der Waals surface area contributed by atoms with Gasteiger partial charge in [-0.3, -0.25) is 0 Å². The van der Waals surface area contributed by atoms with E-state index in [-0.39, 0.29) is 15.3 Å². The topological polar surface area (TPSA) is 116 Å². The maximum absolute atomic E-state index is 12.0. The van der Waals surface area contributed by atoms with Crippen molar-refractivity contribution in [3.63, 3.8) is 0 Å². The van der Waals surface area contributed by atoms with Gasteiger partial charge in [0.05, 0.1) is 5.69 Å². The van der Waals surface area contributed by atoms with Crippen molar-refractivity contribution in [1.29, 1.82) is 0 Å². The number of sulfonamides is 1. The summed E-state index contributed by atoms with van der Waals surface area (Å²) in [5, 5.41) is 3.97. The number of nitrogens with two attached hydrogens (primary N) is 1. The minimum atomic E-state index is -3.71. The van der Waals surface area contributed by atoms with Crippen molar-refractivity contribution in [3.8, 4) is 0 Å². The Bertz CT molecular complexity index is 643. The first kappa shape index (κ1) is 11.8. The summed E-state index contributed by atoms with van der Waals surface area (Å²) < 4.78 is 27.7. The molecule has 2 aromatic heterocycles. The number of nitrogen functional groups attached to an aromatic ring is 1. The Balaban J connectivity index is 2.38. The molecule has 3 N–H and O–H groups in total. The first-order valence-corrected chi connectivity index (χ1v) is 6.80. The van der Waals surface area contributed by atoms with Gasteiger partial charge in [-0.25, -0.2) is 22.8 Å². The zero-order chi connectivity index (χ0) is 12.6. The van der Waals surface area contributed by atoms with Gasteiger partial charge in [-0.05, 0) is 6.92 Å². The van der Waals surface area contributed by atoms with Crippen molar-refractivity contribution in [2.75, 3.05) is 10.5 Å². The van der Waals surface area contributed by atoms with Crippen LogP contribution >= 0.6 is 11.3 Å². The average Bonchev–Trinajstić information content (AvgIpc) is 2.74. The van der Waals surface area contributed by atoms with Crippen molar-refractivity contribution in [2.45, 2.75) is 11.1 Å². The largest absolute Gasteiger partial charge is 0.375 e. The van der Waals surface area contributed by atoms with E-state index in [4.69, 9.17) is 5.73 Å². The van der Waals surface area contributed by atoms with Crippen LogP contribution in [0.5, 0.6) is 0 Å². The lowest BCUT2D eigenvalue weighted by molar-refractivity contribution is 0.601. The quantitative estimate of drug-likeness (QED) is 0.811. The van der Waals surface area contributed by atoms with Gasteiger partial charge in [-0.1, -0.05) is 11.3 Å². The molecule has 0 saturated heterocycles. The fourth-order valence-corrected chi connectivity index (χ4v) is 3.55. The summed E-state index contributed by atoms with van der Waals surface area (Å²) in [5.41, 5.74) is 5.82. The molecule has 0 fully saturated rings. The van der Waals surface area contributed by atoms with E-state index < -0.39 is 10.0 Å². The van der Waals surface area contributed by atoms with Gasteiger partial charge < -0.3 is 5.73 Å². The number of aryl methyl sites for hydroxylation is 2. The maximum atomic E-state index is 12.0. The lowest BCUT2D eigenvalue weighted by Gasteiger charge is -2.04. The molecular weight excluding hydrogens is 264 g/mol. The predicted octanol–water partition coefficient (Wildman–Crippen LogP) is -0.0370. The molecule has 0 unspecified atom stereocenters. The molecule has 92 valence electrons. The molecule has 0 aromatic carbocycles. The molecule has 0 saturated carbocycles. The van der Waals surface area contributed by atoms with Gasteiger partial charge in [-0.15, -0.1) is 0 Å². The van der Waals surface area contributed by atoms with Gasteiger partial charge in [0.15, 0.2) is 9.34 Å². The fraction of sp³-hybridized carbons (Fsp3) is 0.286. The van der Waals surface area contributed by atoms with Gasteiger partial charge >= 0.3 is 0 Å². The van der Waals surface area contributed by atoms with E-state index in [2.05, 4.69) is 19.8 Å². The fourth-order valence-electron chi connectivity index (χ4n) is 1.21. The first-order chi connectivity index (χ1) is 7.90. The Kier molecular flexibility index (Phi) is 2.75. The van der Waals surface area contributed by atoms with Crippen LogP contribution in [-0.2, 0) is 17.1 Å². The summed E-state index contributed by atoms with van der Waals surface area (Å²) in [6, 6.07) is 0. The van der Waals surface area contributed by atoms with E-state index in [0.29, 0.717) is 5.69 Å². The zero-order valence-electron chi connectivity index (χ0n) is 9.08. The summed E-state index contributed by atoms with van der Waals surface area (Å²) in [6.07, 6.45) is 1.26. The van der Waals surface area contributed by atoms with Crippen molar-refractivity contribution in [2.24, 2.45) is 7.05 Å². The second-order valence-electron chi connectivity index (χ2n) is 3.24. The van der Waals surface area contributed by atoms with E-state index in [0.717, 1.165) is 11.3 Å². The molecule has 0 bridgehead atoms. The van der Waals surface area contributed by atoms with Gasteiger partial charge in [-0.2, -0.15) is 10.1 Å². The summed E-state index contributed by atoms with van der Waals surface area (Å²) in [7, 11) is -2.13. The summed E-state index contributed by atoms with van der Waals surface area (Å²) >= 11 is 0.908. The molecule has 0 aliphatic rings. The SMILES string of the molecule is Cc1nc(N)sc1S(=O)(=O)Nc1ncnn1C. The summed E-state index contributed by atoms with van der Waals surface area (Å²) in [6.45, 7) is 1.58. The third-order valence-electron chi connectivity index (χ3n) is 1.95. The molecule has 2 heterocycles. The number of aromatic nitrogens is 4. The molecule has 10 heteroatoms. The molecule has 0 amide bonds. The van der Waals surface area contributed by atoms with Crippen molar-refractivity contribution >= 4 is 32.4 Å². The summed E-state index contributed by atoms with van der Waals surface area (Å²) in [4.78, 5) is 7.64. The van der Waals surface area contributed by atoms with Crippen LogP contribution < -0.4 is 10.5 Å². The van der Waals surface area contributed by atoms with E-state index in [1.165, 1.54) is 11.0 Å². The highest BCUT2D eigenvalue weighted by molar-refractivity contribution is 7.94. The van der Waals surface area contributed by atoms with Crippen molar-refractivity contribution in [1.82, 2.24) is 19.7 Å². The molecule has 2 rings (SSSR count). The van der Waals surface area contributed by atoms with Crippen LogP contribution in [0.25, 0.3) is 0 Å². The van der Waals surface area contributed by atoms with Crippen LogP contribution in [0.15, 0.2) is 10.5 Å². The number of nitrogens with zero attached hydrogens (tertiary/aromatic N) is 4. The van der Waals surface area contributed by atoms with E-state index in [1.807, 2.05) is 0 Å². The van der Waals surface area contributed by atoms with Gasteiger partial charge in [0.1, 0.15) is 6.33 Å². The predicted molar refractivity (Wildman–Crippen MR) is 63.1 cm³/mol. The number of hydrogen-bond donors (Lipinski definition) is 2. The Morgan fingerprint density at radius 3 is 2.71 bits per heavy atom. The number of thiazole rings is 1. The minimum absolute atomic E-state index is 0.0815. The number of rotatable bonds is 3. The van der Waals surface area contributed by atoms with Crippen molar-refractivity contribution < 1.29 is 8.42 Å². The zero-order valence-corrected chi connectivity index (χ0v) is 10.7. The van der Waals surface area contributed by atoms with Crippen LogP contribution in [0.3, 0.4) is 0 Å². The van der Waals surface area contributed by atoms with Crippen LogP contribution in [0.2, 0.25) is 0 Å². The van der Waals surface area contributed by atoms with E-state index in [1.54, 1.807) is 14.0 Å². The van der Waals surface area contributed by atoms with Crippen LogP contribution in [0, 0.1) is 6.92 Å². The summed E-state index contributed by atoms with van der Waals surface area (Å²) in [5.74, 6) is 0.136. The molecule has 17 heavy (non-hydrogen) atoms. The lowest BCUT2D eigenvalue weighted by atomic mass is 10.6. The smallest absolute Gasteiger partial charge is 0.275 e. The third kappa shape index (κ3) is 2.22. The molecule has 0 atom stereocenters. The van der Waals surface area contributed by atoms with Crippen LogP contribution in [-0.4, -0.2) is 28.2 Å². The average molecular weight is 274 g/mol. The van der Waals surface area contributed by atoms with Gasteiger partial charge in [0.25, 0.3) is 10.0 Å². The molecule has 0 radical (unpaired) electrons. The van der Waals surface area contributed by atoms with Crippen LogP contribution in [0.1, 0.15) is 5.69 Å². The second kappa shape index (κ2) is 3.96. The Morgan fingerprint density at radius 2 is 2.24 bits per heavy atom. The number of hydrogen-bond acceptors (Lipinski definition) is 7. The van der Waals surface area contributed by atoms with Gasteiger partial charge in [0.2, 0.25) is 5.95 Å². The molecule has 0 spiro atoms. The Labute approximate surface area is 102 Å². The Morgan fingerprint density at radius 1 is 1.53 bits per heavy atom. The van der Waals surface area contributed by atoms with Gasteiger partial charge in [0, 0.05) is 7.05 Å². The molecule has 0 aliphatic carbocycles. The Hall–Kier alpha value is -1.68.